The van der Waals surface area contributed by atoms with Crippen molar-refractivity contribution in [1.29, 1.82) is 0 Å². The maximum absolute atomic E-state index is 11.6. The average Bonchev–Trinajstić information content (AvgIpc) is 2.53. The van der Waals surface area contributed by atoms with Crippen LogP contribution < -0.4 is 5.32 Å². The van der Waals surface area contributed by atoms with E-state index in [1.54, 1.807) is 24.5 Å². The number of carbonyl (C=O) groups is 1. The van der Waals surface area contributed by atoms with Gasteiger partial charge in [-0.05, 0) is 31.0 Å². The van der Waals surface area contributed by atoms with Gasteiger partial charge in [0.05, 0.1) is 35.1 Å². The topological polar surface area (TPSA) is 97.2 Å². The van der Waals surface area contributed by atoms with Gasteiger partial charge in [0, 0.05) is 0 Å². The Morgan fingerprint density at radius 1 is 1.16 bits per heavy atom. The molecule has 134 valence electrons. The molecule has 0 spiro atoms. The van der Waals surface area contributed by atoms with E-state index in [0.717, 1.165) is 0 Å². The average molecular weight is 360 g/mol. The van der Waals surface area contributed by atoms with Crippen LogP contribution in [0.3, 0.4) is 0 Å². The lowest BCUT2D eigenvalue weighted by molar-refractivity contribution is 0.0687. The Labute approximate surface area is 149 Å². The molecule has 0 aliphatic rings. The predicted octanol–water partition coefficient (Wildman–Crippen LogP) is 2.87. The van der Waals surface area contributed by atoms with Crippen LogP contribution in [0.2, 0.25) is 5.04 Å². The Morgan fingerprint density at radius 3 is 2.36 bits per heavy atom. The lowest BCUT2D eigenvalue weighted by Crippen LogP contribution is -2.29. The Kier molecular flexibility index (Phi) is 5.54. The molecule has 2 N–H and O–H groups in total. The molecule has 0 unspecified atom stereocenters. The number of carboxylic acid groups (broad SMARTS) is 1. The number of pyridine rings is 1. The second-order valence-corrected chi connectivity index (χ2v) is 10.2. The van der Waals surface area contributed by atoms with Crippen LogP contribution in [0.15, 0.2) is 30.9 Å². The van der Waals surface area contributed by atoms with E-state index in [1.807, 2.05) is 13.8 Å². The van der Waals surface area contributed by atoms with Crippen molar-refractivity contribution >= 4 is 27.1 Å². The van der Waals surface area contributed by atoms with Gasteiger partial charge >= 0.3 is 5.97 Å². The largest absolute Gasteiger partial charge is 0.476 e. The number of rotatable bonds is 6. The number of nitrogens with zero attached hydrogens (tertiary/aromatic N) is 3. The van der Waals surface area contributed by atoms with Gasteiger partial charge in [0.1, 0.15) is 6.33 Å². The lowest BCUT2D eigenvalue weighted by atomic mass is 10.0. The summed E-state index contributed by atoms with van der Waals surface area (Å²) in [5.41, 5.74) is 0.870. The second kappa shape index (κ2) is 7.28. The quantitative estimate of drug-likeness (QED) is 0.764. The van der Waals surface area contributed by atoms with Gasteiger partial charge in [-0.3, -0.25) is 0 Å². The van der Waals surface area contributed by atoms with Crippen LogP contribution in [0.1, 0.15) is 50.8 Å². The van der Waals surface area contributed by atoms with Crippen molar-refractivity contribution in [3.05, 3.63) is 42.2 Å². The maximum Gasteiger partial charge on any atom is 0.356 e. The van der Waals surface area contributed by atoms with Gasteiger partial charge < -0.3 is 14.8 Å². The monoisotopic (exact) mass is 360 g/mol. The summed E-state index contributed by atoms with van der Waals surface area (Å²) in [5, 5.41) is 12.7. The molecule has 2 rings (SSSR count). The van der Waals surface area contributed by atoms with Crippen molar-refractivity contribution in [3.63, 3.8) is 0 Å². The van der Waals surface area contributed by atoms with Crippen LogP contribution in [0.5, 0.6) is 0 Å². The molecular formula is C17H24N4O3Si. The lowest BCUT2D eigenvalue weighted by Gasteiger charge is -2.30. The molecule has 0 aliphatic heterocycles. The highest BCUT2D eigenvalue weighted by Gasteiger charge is 2.27. The van der Waals surface area contributed by atoms with E-state index in [1.165, 1.54) is 6.33 Å². The zero-order valence-corrected chi connectivity index (χ0v) is 16.6. The summed E-state index contributed by atoms with van der Waals surface area (Å²) in [7, 11) is -0.806. The van der Waals surface area contributed by atoms with Crippen LogP contribution in [0.25, 0.3) is 0 Å². The summed E-state index contributed by atoms with van der Waals surface area (Å²) in [6, 6.07) is 3.48. The summed E-state index contributed by atoms with van der Waals surface area (Å²) in [6.07, 6.45) is 4.53. The Bertz CT molecular complexity index is 745. The van der Waals surface area contributed by atoms with Crippen LogP contribution in [0.4, 0.5) is 11.4 Å². The Hall–Kier alpha value is -2.32. The van der Waals surface area contributed by atoms with Gasteiger partial charge in [0.25, 0.3) is 0 Å². The van der Waals surface area contributed by atoms with Crippen molar-refractivity contribution in [3.8, 4) is 0 Å². The second-order valence-electron chi connectivity index (χ2n) is 7.51. The standard InChI is InChI=1S/C17H24N4O3Si/c1-16(2,3)25-24-17(4,5)13-7-6-12(14(21-13)15(22)23)20-11-8-18-10-19-9-11/h6-10,20H,25H2,1-5H3,(H,22,23). The fraction of sp³-hybridized carbons (Fsp3) is 0.412. The van der Waals surface area contributed by atoms with Crippen molar-refractivity contribution in [2.45, 2.75) is 45.3 Å². The molecule has 0 saturated carbocycles. The third-order valence-electron chi connectivity index (χ3n) is 3.42. The third-order valence-corrected chi connectivity index (χ3v) is 5.15. The molecule has 0 amide bonds. The Morgan fingerprint density at radius 2 is 1.80 bits per heavy atom. The summed E-state index contributed by atoms with van der Waals surface area (Å²) >= 11 is 0. The summed E-state index contributed by atoms with van der Waals surface area (Å²) in [5.74, 6) is -1.11. The molecule has 0 fully saturated rings. The van der Waals surface area contributed by atoms with Crippen LogP contribution in [0, 0.1) is 0 Å². The highest BCUT2D eigenvalue weighted by atomic mass is 28.2. The first kappa shape index (κ1) is 19.0. The number of aromatic carboxylic acids is 1. The normalized spacial score (nSPS) is 12.5. The number of hydrogen-bond acceptors (Lipinski definition) is 6. The summed E-state index contributed by atoms with van der Waals surface area (Å²) in [6.45, 7) is 10.2. The molecule has 0 saturated heterocycles. The molecule has 0 aromatic carbocycles. The third kappa shape index (κ3) is 5.33. The molecule has 2 heterocycles. The zero-order valence-electron chi connectivity index (χ0n) is 15.2. The van der Waals surface area contributed by atoms with Crippen molar-refractivity contribution in [1.82, 2.24) is 15.0 Å². The van der Waals surface area contributed by atoms with E-state index >= 15 is 0 Å². The fourth-order valence-electron chi connectivity index (χ4n) is 2.05. The van der Waals surface area contributed by atoms with Gasteiger partial charge in [-0.1, -0.05) is 20.8 Å². The van der Waals surface area contributed by atoms with E-state index < -0.39 is 21.3 Å². The first-order valence-electron chi connectivity index (χ1n) is 7.99. The molecule has 0 atom stereocenters. The van der Waals surface area contributed by atoms with Gasteiger partial charge in [0.2, 0.25) is 0 Å². The van der Waals surface area contributed by atoms with Gasteiger partial charge in [-0.25, -0.2) is 19.7 Å². The number of nitrogens with one attached hydrogen (secondary N) is 1. The highest BCUT2D eigenvalue weighted by Crippen LogP contribution is 2.30. The predicted molar refractivity (Wildman–Crippen MR) is 98.9 cm³/mol. The van der Waals surface area contributed by atoms with Crippen molar-refractivity contribution in [2.24, 2.45) is 0 Å². The summed E-state index contributed by atoms with van der Waals surface area (Å²) < 4.78 is 6.12. The molecule has 8 heteroatoms. The highest BCUT2D eigenvalue weighted by molar-refractivity contribution is 6.31. The number of anilines is 2. The fourth-order valence-corrected chi connectivity index (χ4v) is 2.99. The minimum Gasteiger partial charge on any atom is -0.476 e. The molecule has 7 nitrogen and oxygen atoms in total. The number of carboxylic acids is 1. The van der Waals surface area contributed by atoms with Gasteiger partial charge in [-0.2, -0.15) is 0 Å². The van der Waals surface area contributed by atoms with E-state index in [0.29, 0.717) is 17.1 Å². The van der Waals surface area contributed by atoms with Gasteiger partial charge in [0.15, 0.2) is 15.5 Å². The Balaban J connectivity index is 2.30. The van der Waals surface area contributed by atoms with Crippen molar-refractivity contribution in [2.75, 3.05) is 5.32 Å². The van der Waals surface area contributed by atoms with Crippen LogP contribution in [-0.2, 0) is 10.0 Å². The molecular weight excluding hydrogens is 336 g/mol. The molecule has 2 aromatic rings. The number of hydrogen-bond donors (Lipinski definition) is 2. The SMILES string of the molecule is CC(C)(C)[SiH2]OC(C)(C)c1ccc(Nc2cncnc2)c(C(=O)O)n1. The van der Waals surface area contributed by atoms with E-state index in [2.05, 4.69) is 41.0 Å². The van der Waals surface area contributed by atoms with E-state index in [-0.39, 0.29) is 10.7 Å². The zero-order chi connectivity index (χ0) is 18.7. The molecule has 25 heavy (non-hydrogen) atoms. The van der Waals surface area contributed by atoms with Crippen LogP contribution in [-0.4, -0.2) is 35.8 Å². The first-order valence-corrected chi connectivity index (χ1v) is 9.28. The smallest absolute Gasteiger partial charge is 0.356 e. The number of aromatic nitrogens is 3. The molecule has 2 aromatic heterocycles. The maximum atomic E-state index is 11.6. The summed E-state index contributed by atoms with van der Waals surface area (Å²) in [4.78, 5) is 23.8. The molecule has 0 bridgehead atoms. The molecule has 0 aliphatic carbocycles. The van der Waals surface area contributed by atoms with Gasteiger partial charge in [-0.15, -0.1) is 0 Å². The van der Waals surface area contributed by atoms with E-state index in [4.69, 9.17) is 4.43 Å². The first-order chi connectivity index (χ1) is 11.6. The van der Waals surface area contributed by atoms with E-state index in [9.17, 15) is 9.90 Å². The van der Waals surface area contributed by atoms with Crippen LogP contribution >= 0.6 is 0 Å². The minimum absolute atomic E-state index is 0.0598. The molecule has 0 radical (unpaired) electrons. The minimum atomic E-state index is -1.11. The van der Waals surface area contributed by atoms with Crippen molar-refractivity contribution < 1.29 is 14.3 Å².